The summed E-state index contributed by atoms with van der Waals surface area (Å²) in [6, 6.07) is 0. The van der Waals surface area contributed by atoms with Crippen LogP contribution in [-0.2, 0) is 0 Å². The highest BCUT2D eigenvalue weighted by Gasteiger charge is 2.20. The molecule has 0 aromatic heterocycles. The Labute approximate surface area is 123 Å². The fraction of sp³-hybridized carbons (Fsp3) is 0.923. The number of rotatable bonds is 7. The molecule has 0 unspecified atom stereocenters. The molecule has 1 saturated carbocycles. The average molecular weight is 353 g/mol. The molecule has 3 nitrogen and oxygen atoms in total. The molecular weight excluding hydrogens is 325 g/mol. The summed E-state index contributed by atoms with van der Waals surface area (Å²) in [5, 5.41) is 3.36. The Hall–Kier alpha value is 0. The van der Waals surface area contributed by atoms with E-state index in [0.29, 0.717) is 0 Å². The molecule has 1 rings (SSSR count). The van der Waals surface area contributed by atoms with Crippen LogP contribution in [0.4, 0.5) is 0 Å². The second kappa shape index (κ2) is 9.97. The van der Waals surface area contributed by atoms with Gasteiger partial charge in [0.05, 0.1) is 0 Å². The van der Waals surface area contributed by atoms with Gasteiger partial charge in [0, 0.05) is 26.7 Å². The van der Waals surface area contributed by atoms with E-state index in [9.17, 15) is 0 Å². The zero-order valence-electron chi connectivity index (χ0n) is 11.5. The van der Waals surface area contributed by atoms with Crippen molar-refractivity contribution >= 4 is 29.9 Å². The third-order valence-electron chi connectivity index (χ3n) is 3.04. The van der Waals surface area contributed by atoms with Crippen LogP contribution in [0.5, 0.6) is 0 Å². The Balaban J connectivity index is 0.00000256. The number of aliphatic imine (C=N–C) groups is 1. The van der Waals surface area contributed by atoms with E-state index in [2.05, 4.69) is 36.1 Å². The summed E-state index contributed by atoms with van der Waals surface area (Å²) in [4.78, 5) is 6.93. The summed E-state index contributed by atoms with van der Waals surface area (Å²) in [5.74, 6) is 2.06. The molecule has 0 aromatic carbocycles. The molecule has 0 aliphatic heterocycles. The molecule has 1 fully saturated rings. The predicted octanol–water partition coefficient (Wildman–Crippen LogP) is 3.10. The van der Waals surface area contributed by atoms with Crippen LogP contribution in [0.25, 0.3) is 0 Å². The molecule has 0 heterocycles. The van der Waals surface area contributed by atoms with E-state index in [4.69, 9.17) is 0 Å². The second-order valence-corrected chi connectivity index (χ2v) is 4.74. The molecular formula is C13H28IN3. The van der Waals surface area contributed by atoms with Crippen molar-refractivity contribution in [3.63, 3.8) is 0 Å². The Morgan fingerprint density at radius 1 is 1.35 bits per heavy atom. The van der Waals surface area contributed by atoms with Gasteiger partial charge in [-0.25, -0.2) is 0 Å². The van der Waals surface area contributed by atoms with Gasteiger partial charge in [-0.2, -0.15) is 0 Å². The van der Waals surface area contributed by atoms with Crippen molar-refractivity contribution in [2.75, 3.05) is 26.7 Å². The molecule has 0 spiro atoms. The van der Waals surface area contributed by atoms with Crippen LogP contribution in [-0.4, -0.2) is 37.5 Å². The number of guanidine groups is 1. The maximum Gasteiger partial charge on any atom is 0.193 e. The maximum absolute atomic E-state index is 4.68. The lowest BCUT2D eigenvalue weighted by atomic mass is 10.3. The van der Waals surface area contributed by atoms with Gasteiger partial charge in [-0.15, -0.1) is 24.0 Å². The fourth-order valence-electron chi connectivity index (χ4n) is 1.73. The summed E-state index contributed by atoms with van der Waals surface area (Å²) >= 11 is 0. The Kier molecular flexibility index (Phi) is 9.97. The average Bonchev–Trinajstić information content (AvgIpc) is 3.08. The van der Waals surface area contributed by atoms with E-state index in [1.165, 1.54) is 32.1 Å². The lowest BCUT2D eigenvalue weighted by molar-refractivity contribution is 0.464. The smallest absolute Gasteiger partial charge is 0.193 e. The van der Waals surface area contributed by atoms with E-state index in [0.717, 1.165) is 31.5 Å². The molecule has 0 aromatic rings. The van der Waals surface area contributed by atoms with Gasteiger partial charge in [0.15, 0.2) is 5.96 Å². The first-order chi connectivity index (χ1) is 7.77. The van der Waals surface area contributed by atoms with E-state index in [1.54, 1.807) is 0 Å². The molecule has 0 radical (unpaired) electrons. The van der Waals surface area contributed by atoms with Gasteiger partial charge >= 0.3 is 0 Å². The third-order valence-corrected chi connectivity index (χ3v) is 3.04. The van der Waals surface area contributed by atoms with Crippen LogP contribution >= 0.6 is 24.0 Å². The van der Waals surface area contributed by atoms with E-state index in [1.807, 2.05) is 0 Å². The van der Waals surface area contributed by atoms with Crippen LogP contribution in [0.3, 0.4) is 0 Å². The maximum atomic E-state index is 4.68. The van der Waals surface area contributed by atoms with Crippen molar-refractivity contribution in [2.45, 2.75) is 46.0 Å². The highest BCUT2D eigenvalue weighted by atomic mass is 127. The number of nitrogens with zero attached hydrogens (tertiary/aromatic N) is 2. The summed E-state index contributed by atoms with van der Waals surface area (Å²) in [6.07, 6.45) is 6.61. The number of halogens is 1. The van der Waals surface area contributed by atoms with Crippen LogP contribution in [0.2, 0.25) is 0 Å². The Morgan fingerprint density at radius 3 is 2.59 bits per heavy atom. The molecule has 1 N–H and O–H groups in total. The van der Waals surface area contributed by atoms with Gasteiger partial charge in [0.25, 0.3) is 0 Å². The van der Waals surface area contributed by atoms with Crippen LogP contribution in [0, 0.1) is 5.92 Å². The first-order valence-electron chi connectivity index (χ1n) is 6.77. The fourth-order valence-corrected chi connectivity index (χ4v) is 1.73. The molecule has 0 saturated heterocycles. The quantitative estimate of drug-likeness (QED) is 0.433. The topological polar surface area (TPSA) is 27.6 Å². The molecule has 1 aliphatic rings. The van der Waals surface area contributed by atoms with Gasteiger partial charge in [0.1, 0.15) is 0 Å². The molecule has 17 heavy (non-hydrogen) atoms. The minimum absolute atomic E-state index is 0. The van der Waals surface area contributed by atoms with Crippen molar-refractivity contribution in [1.82, 2.24) is 10.2 Å². The monoisotopic (exact) mass is 353 g/mol. The van der Waals surface area contributed by atoms with Crippen LogP contribution in [0.15, 0.2) is 4.99 Å². The Bertz CT molecular complexity index is 215. The van der Waals surface area contributed by atoms with Crippen LogP contribution < -0.4 is 5.32 Å². The summed E-state index contributed by atoms with van der Waals surface area (Å²) in [7, 11) is 2.13. The van der Waals surface area contributed by atoms with Gasteiger partial charge in [-0.1, -0.05) is 26.2 Å². The lowest BCUT2D eigenvalue weighted by Gasteiger charge is -2.21. The molecule has 102 valence electrons. The number of hydrogen-bond acceptors (Lipinski definition) is 1. The molecule has 0 amide bonds. The normalized spacial score (nSPS) is 15.4. The summed E-state index contributed by atoms with van der Waals surface area (Å²) in [5.41, 5.74) is 0. The van der Waals surface area contributed by atoms with E-state index < -0.39 is 0 Å². The van der Waals surface area contributed by atoms with E-state index in [-0.39, 0.29) is 24.0 Å². The van der Waals surface area contributed by atoms with Crippen molar-refractivity contribution in [1.29, 1.82) is 0 Å². The van der Waals surface area contributed by atoms with Crippen molar-refractivity contribution in [3.8, 4) is 0 Å². The third kappa shape index (κ3) is 7.84. The molecule has 0 bridgehead atoms. The predicted molar refractivity (Wildman–Crippen MR) is 86.3 cm³/mol. The first kappa shape index (κ1) is 17.0. The van der Waals surface area contributed by atoms with Gasteiger partial charge < -0.3 is 10.2 Å². The Morgan fingerprint density at radius 2 is 2.06 bits per heavy atom. The van der Waals surface area contributed by atoms with Gasteiger partial charge in [-0.3, -0.25) is 4.99 Å². The summed E-state index contributed by atoms with van der Waals surface area (Å²) < 4.78 is 0. The standard InChI is InChI=1S/C13H27N3.HI/c1-4-6-11-16(3)13(14-5-2)15-10-9-12-7-8-12;/h12H,4-11H2,1-3H3,(H,14,15);1H. The minimum atomic E-state index is 0. The van der Waals surface area contributed by atoms with Gasteiger partial charge in [0.2, 0.25) is 0 Å². The highest BCUT2D eigenvalue weighted by Crippen LogP contribution is 2.32. The van der Waals surface area contributed by atoms with Crippen molar-refractivity contribution in [3.05, 3.63) is 0 Å². The zero-order valence-corrected chi connectivity index (χ0v) is 13.9. The SMILES string of the molecule is CCCCN(C)C(=NCCC1CC1)NCC.I. The van der Waals surface area contributed by atoms with Crippen molar-refractivity contribution in [2.24, 2.45) is 10.9 Å². The lowest BCUT2D eigenvalue weighted by Crippen LogP contribution is -2.39. The number of unbranched alkanes of at least 4 members (excludes halogenated alkanes) is 1. The second-order valence-electron chi connectivity index (χ2n) is 4.74. The van der Waals surface area contributed by atoms with Crippen LogP contribution in [0.1, 0.15) is 46.0 Å². The summed E-state index contributed by atoms with van der Waals surface area (Å²) in [6.45, 7) is 7.41. The van der Waals surface area contributed by atoms with E-state index >= 15 is 0 Å². The zero-order chi connectivity index (χ0) is 11.8. The van der Waals surface area contributed by atoms with Gasteiger partial charge in [-0.05, 0) is 25.7 Å². The number of hydrogen-bond donors (Lipinski definition) is 1. The molecule has 1 aliphatic carbocycles. The molecule has 0 atom stereocenters. The first-order valence-corrected chi connectivity index (χ1v) is 6.77. The van der Waals surface area contributed by atoms with Crippen molar-refractivity contribution < 1.29 is 0 Å². The largest absolute Gasteiger partial charge is 0.357 e. The minimum Gasteiger partial charge on any atom is -0.357 e. The highest BCUT2D eigenvalue weighted by molar-refractivity contribution is 14.0. The number of nitrogens with one attached hydrogen (secondary N) is 1. The molecule has 4 heteroatoms.